The number of aromatic hydroxyl groups is 1. The van der Waals surface area contributed by atoms with Crippen LogP contribution in [0.25, 0.3) is 11.0 Å². The average molecular weight is 551 g/mol. The molecule has 4 heterocycles. The maximum Gasteiger partial charge on any atom is 0.232 e. The second-order valence-corrected chi connectivity index (χ2v) is 11.7. The van der Waals surface area contributed by atoms with Gasteiger partial charge < -0.3 is 15.2 Å². The van der Waals surface area contributed by atoms with Crippen molar-refractivity contribution in [3.8, 4) is 5.75 Å². The van der Waals surface area contributed by atoms with E-state index >= 15 is 0 Å². The molecule has 1 unspecified atom stereocenters. The summed E-state index contributed by atoms with van der Waals surface area (Å²) in [5.74, 6) is 0.610. The van der Waals surface area contributed by atoms with Crippen molar-refractivity contribution in [3.05, 3.63) is 60.2 Å². The minimum atomic E-state index is -3.44. The maximum atomic E-state index is 12.5. The molecule has 1 aliphatic carbocycles. The molecule has 1 atom stereocenters. The summed E-state index contributed by atoms with van der Waals surface area (Å²) in [7, 11) is -3.44. The highest BCUT2D eigenvalue weighted by molar-refractivity contribution is 7.92. The first kappa shape index (κ1) is 25.5. The van der Waals surface area contributed by atoms with Gasteiger partial charge in [0.05, 0.1) is 49.0 Å². The third-order valence-electron chi connectivity index (χ3n) is 7.26. The van der Waals surface area contributed by atoms with Crippen LogP contribution < -0.4 is 9.62 Å². The van der Waals surface area contributed by atoms with E-state index in [-0.39, 0.29) is 11.8 Å². The van der Waals surface area contributed by atoms with Crippen LogP contribution in [-0.2, 0) is 21.2 Å². The zero-order chi connectivity index (χ0) is 27.0. The molecule has 0 saturated carbocycles. The van der Waals surface area contributed by atoms with E-state index in [4.69, 9.17) is 9.72 Å². The standard InChI is InChI=1S/C26H30N8O4S/c1-39(36,37)33(9-8-32-10-12-38-13-11-32)20-4-2-19(3-5-20)30-26-28-14-18-15-29-34(25(18)31-26)23-7-6-21-22(23)16-27-17-24(21)35/h2-5,14-17,23,35H,6-13H2,1H3,(H,28,30,31). The first-order valence-corrected chi connectivity index (χ1v) is 14.7. The van der Waals surface area contributed by atoms with E-state index in [1.807, 2.05) is 16.8 Å². The van der Waals surface area contributed by atoms with Gasteiger partial charge in [-0.15, -0.1) is 0 Å². The van der Waals surface area contributed by atoms with E-state index in [0.29, 0.717) is 43.6 Å². The number of pyridine rings is 1. The summed E-state index contributed by atoms with van der Waals surface area (Å²) in [4.78, 5) is 15.5. The Morgan fingerprint density at radius 1 is 1.13 bits per heavy atom. The van der Waals surface area contributed by atoms with Gasteiger partial charge in [-0.2, -0.15) is 10.1 Å². The predicted octanol–water partition coefficient (Wildman–Crippen LogP) is 2.30. The minimum Gasteiger partial charge on any atom is -0.506 e. The van der Waals surface area contributed by atoms with Gasteiger partial charge in [0.15, 0.2) is 5.65 Å². The zero-order valence-electron chi connectivity index (χ0n) is 21.6. The fourth-order valence-electron chi connectivity index (χ4n) is 5.25. The maximum absolute atomic E-state index is 12.5. The number of nitrogens with one attached hydrogen (secondary N) is 1. The molecule has 12 nitrogen and oxygen atoms in total. The highest BCUT2D eigenvalue weighted by atomic mass is 32.2. The Hall–Kier alpha value is -3.81. The average Bonchev–Trinajstić information content (AvgIpc) is 3.54. The van der Waals surface area contributed by atoms with Crippen molar-refractivity contribution >= 4 is 38.4 Å². The van der Waals surface area contributed by atoms with Crippen molar-refractivity contribution in [2.24, 2.45) is 0 Å². The number of sulfonamides is 1. The lowest BCUT2D eigenvalue weighted by atomic mass is 10.1. The second-order valence-electron chi connectivity index (χ2n) is 9.80. The van der Waals surface area contributed by atoms with Crippen molar-refractivity contribution in [2.45, 2.75) is 18.9 Å². The van der Waals surface area contributed by atoms with E-state index in [2.05, 4.69) is 25.3 Å². The van der Waals surface area contributed by atoms with Gasteiger partial charge in [0.1, 0.15) is 5.75 Å². The molecule has 0 amide bonds. The number of ether oxygens (including phenoxy) is 1. The summed E-state index contributed by atoms with van der Waals surface area (Å²) in [6.45, 7) is 3.95. The Balaban J connectivity index is 1.20. The molecule has 2 N–H and O–H groups in total. The van der Waals surface area contributed by atoms with E-state index in [0.717, 1.165) is 48.1 Å². The van der Waals surface area contributed by atoms with E-state index in [1.165, 1.54) is 16.8 Å². The summed E-state index contributed by atoms with van der Waals surface area (Å²) in [6, 6.07) is 7.11. The molecule has 0 spiro atoms. The van der Waals surface area contributed by atoms with Crippen molar-refractivity contribution in [2.75, 3.05) is 55.3 Å². The largest absolute Gasteiger partial charge is 0.506 e. The molecule has 204 valence electrons. The van der Waals surface area contributed by atoms with Gasteiger partial charge >= 0.3 is 0 Å². The first-order chi connectivity index (χ1) is 18.9. The summed E-state index contributed by atoms with van der Waals surface area (Å²) in [5, 5.41) is 18.8. The van der Waals surface area contributed by atoms with E-state index < -0.39 is 10.0 Å². The number of nitrogens with zero attached hydrogens (tertiary/aromatic N) is 7. The molecule has 0 radical (unpaired) electrons. The molecule has 0 bridgehead atoms. The van der Waals surface area contributed by atoms with Gasteiger partial charge in [-0.05, 0) is 37.1 Å². The van der Waals surface area contributed by atoms with Crippen molar-refractivity contribution in [3.63, 3.8) is 0 Å². The summed E-state index contributed by atoms with van der Waals surface area (Å²) in [6.07, 6.45) is 9.47. The predicted molar refractivity (Wildman–Crippen MR) is 147 cm³/mol. The van der Waals surface area contributed by atoms with Crippen LogP contribution in [-0.4, -0.2) is 88.8 Å². The third kappa shape index (κ3) is 5.24. The Bertz CT molecular complexity index is 1590. The summed E-state index contributed by atoms with van der Waals surface area (Å²) < 4.78 is 33.7. The van der Waals surface area contributed by atoms with Crippen LogP contribution in [0.3, 0.4) is 0 Å². The number of hydrogen-bond acceptors (Lipinski definition) is 10. The Labute approximate surface area is 226 Å². The molecular weight excluding hydrogens is 520 g/mol. The molecule has 1 fully saturated rings. The molecule has 6 rings (SSSR count). The molecule has 2 aliphatic rings. The molecule has 1 aliphatic heterocycles. The number of rotatable bonds is 8. The minimum absolute atomic E-state index is 0.0708. The van der Waals surface area contributed by atoms with E-state index in [1.54, 1.807) is 30.7 Å². The van der Waals surface area contributed by atoms with Crippen LogP contribution in [0.5, 0.6) is 5.75 Å². The van der Waals surface area contributed by atoms with Crippen LogP contribution in [0.4, 0.5) is 17.3 Å². The monoisotopic (exact) mass is 550 g/mol. The molecular formula is C26H30N8O4S. The van der Waals surface area contributed by atoms with Gasteiger partial charge in [-0.25, -0.2) is 18.1 Å². The zero-order valence-corrected chi connectivity index (χ0v) is 22.4. The lowest BCUT2D eigenvalue weighted by molar-refractivity contribution is 0.0395. The van der Waals surface area contributed by atoms with Gasteiger partial charge in [-0.3, -0.25) is 14.2 Å². The first-order valence-electron chi connectivity index (χ1n) is 12.9. The Morgan fingerprint density at radius 2 is 1.92 bits per heavy atom. The fraction of sp³-hybridized carbons (Fsp3) is 0.385. The highest BCUT2D eigenvalue weighted by Gasteiger charge is 2.29. The van der Waals surface area contributed by atoms with Crippen LogP contribution in [0.2, 0.25) is 0 Å². The third-order valence-corrected chi connectivity index (χ3v) is 8.45. The molecule has 3 aromatic heterocycles. The number of anilines is 3. The molecule has 39 heavy (non-hydrogen) atoms. The van der Waals surface area contributed by atoms with Crippen LogP contribution in [0.1, 0.15) is 23.6 Å². The lowest BCUT2D eigenvalue weighted by Gasteiger charge is -2.30. The topological polar surface area (TPSA) is 139 Å². The number of fused-ring (bicyclic) bond motifs is 2. The smallest absolute Gasteiger partial charge is 0.232 e. The summed E-state index contributed by atoms with van der Waals surface area (Å²) in [5.41, 5.74) is 3.86. The second kappa shape index (κ2) is 10.4. The number of aromatic nitrogens is 5. The lowest BCUT2D eigenvalue weighted by Crippen LogP contribution is -2.43. The number of hydrogen-bond donors (Lipinski definition) is 2. The van der Waals surface area contributed by atoms with Gasteiger partial charge in [0.2, 0.25) is 16.0 Å². The number of benzene rings is 1. The quantitative estimate of drug-likeness (QED) is 0.336. The van der Waals surface area contributed by atoms with Gasteiger partial charge in [0, 0.05) is 55.4 Å². The van der Waals surface area contributed by atoms with Crippen LogP contribution in [0, 0.1) is 0 Å². The normalized spacial score (nSPS) is 17.8. The fourth-order valence-corrected chi connectivity index (χ4v) is 6.17. The van der Waals surface area contributed by atoms with Crippen LogP contribution in [0.15, 0.2) is 49.1 Å². The van der Waals surface area contributed by atoms with Gasteiger partial charge in [0.25, 0.3) is 0 Å². The van der Waals surface area contributed by atoms with E-state index in [9.17, 15) is 13.5 Å². The SMILES string of the molecule is CS(=O)(=O)N(CCN1CCOCC1)c1ccc(Nc2ncc3cnn(C4CCc5c(O)cncc54)c3n2)cc1. The molecule has 13 heteroatoms. The molecule has 4 aromatic rings. The summed E-state index contributed by atoms with van der Waals surface area (Å²) >= 11 is 0. The Kier molecular flexibility index (Phi) is 6.79. The van der Waals surface area contributed by atoms with Crippen molar-refractivity contribution in [1.29, 1.82) is 0 Å². The molecule has 1 aromatic carbocycles. The van der Waals surface area contributed by atoms with Crippen molar-refractivity contribution < 1.29 is 18.3 Å². The van der Waals surface area contributed by atoms with Gasteiger partial charge in [-0.1, -0.05) is 0 Å². The number of morpholine rings is 1. The van der Waals surface area contributed by atoms with Crippen LogP contribution >= 0.6 is 0 Å². The molecule has 1 saturated heterocycles. The Morgan fingerprint density at radius 3 is 2.69 bits per heavy atom. The highest BCUT2D eigenvalue weighted by Crippen LogP contribution is 2.38. The van der Waals surface area contributed by atoms with Crippen molar-refractivity contribution in [1.82, 2.24) is 29.6 Å².